The highest BCUT2D eigenvalue weighted by molar-refractivity contribution is 9.11. The van der Waals surface area contributed by atoms with Crippen LogP contribution in [0.3, 0.4) is 0 Å². The molecule has 67 valence electrons. The number of H-pyrrole nitrogens is 1. The fourth-order valence-corrected chi connectivity index (χ4v) is 1.85. The maximum atomic E-state index is 3.50. The van der Waals surface area contributed by atoms with Gasteiger partial charge in [0.15, 0.2) is 0 Å². The van der Waals surface area contributed by atoms with Crippen LogP contribution in [0, 0.1) is 11.8 Å². The molecule has 0 saturated carbocycles. The van der Waals surface area contributed by atoms with E-state index in [9.17, 15) is 0 Å². The minimum absolute atomic E-state index is 1.17. The van der Waals surface area contributed by atoms with Gasteiger partial charge in [0.25, 0.3) is 0 Å². The van der Waals surface area contributed by atoms with Gasteiger partial charge in [-0.3, -0.25) is 0 Å². The third kappa shape index (κ3) is 1.51. The number of aryl methyl sites for hydroxylation is 1. The van der Waals surface area contributed by atoms with Crippen LogP contribution in [0.5, 0.6) is 0 Å². The lowest BCUT2D eigenvalue weighted by Gasteiger charge is -2.00. The number of halogens is 1. The Morgan fingerprint density at radius 2 is 2.15 bits per heavy atom. The van der Waals surface area contributed by atoms with E-state index in [0.717, 1.165) is 0 Å². The monoisotopic (exact) mass is 236 g/mol. The second kappa shape index (κ2) is 3.18. The Morgan fingerprint density at radius 1 is 1.38 bits per heavy atom. The van der Waals surface area contributed by atoms with E-state index in [2.05, 4.69) is 53.0 Å². The molecule has 0 atom stereocenters. The Hall–Kier alpha value is -0.760. The minimum Gasteiger partial charge on any atom is -0.361 e. The lowest BCUT2D eigenvalue weighted by Crippen LogP contribution is -1.81. The average Bonchev–Trinajstić information content (AvgIpc) is 2.46. The van der Waals surface area contributed by atoms with Crippen LogP contribution in [-0.2, 0) is 0 Å². The van der Waals surface area contributed by atoms with Crippen LogP contribution in [0.1, 0.15) is 18.1 Å². The summed E-state index contributed by atoms with van der Waals surface area (Å²) in [5.41, 5.74) is 3.74. The van der Waals surface area contributed by atoms with Crippen LogP contribution in [0.2, 0.25) is 0 Å². The van der Waals surface area contributed by atoms with Gasteiger partial charge in [0, 0.05) is 17.1 Å². The zero-order valence-electron chi connectivity index (χ0n) is 7.69. The van der Waals surface area contributed by atoms with E-state index >= 15 is 0 Å². The third-order valence-corrected chi connectivity index (χ3v) is 2.64. The SMILES string of the molecule is C[C](Br)c1c[nH]c2ccc(C)cc12. The zero-order chi connectivity index (χ0) is 9.42. The predicted molar refractivity (Wildman–Crippen MR) is 60.0 cm³/mol. The molecule has 2 aromatic rings. The van der Waals surface area contributed by atoms with Crippen LogP contribution in [-0.4, -0.2) is 4.98 Å². The molecule has 0 aliphatic carbocycles. The predicted octanol–water partition coefficient (Wildman–Crippen LogP) is 3.77. The van der Waals surface area contributed by atoms with Crippen molar-refractivity contribution in [3.05, 3.63) is 40.4 Å². The lowest BCUT2D eigenvalue weighted by atomic mass is 10.1. The van der Waals surface area contributed by atoms with E-state index in [0.29, 0.717) is 0 Å². The summed E-state index contributed by atoms with van der Waals surface area (Å²) in [5.74, 6) is 0. The first-order valence-electron chi connectivity index (χ1n) is 4.25. The Morgan fingerprint density at radius 3 is 2.85 bits per heavy atom. The van der Waals surface area contributed by atoms with Gasteiger partial charge in [-0.2, -0.15) is 0 Å². The first kappa shape index (κ1) is 8.82. The number of hydrogen-bond acceptors (Lipinski definition) is 0. The Bertz CT molecular complexity index is 429. The van der Waals surface area contributed by atoms with E-state index in [4.69, 9.17) is 0 Å². The summed E-state index contributed by atoms with van der Waals surface area (Å²) in [5, 5.41) is 1.29. The number of hydrogen-bond donors (Lipinski definition) is 1. The summed E-state index contributed by atoms with van der Waals surface area (Å²) >= 11 is 3.50. The standard InChI is InChI=1S/C11H11BrN/c1-7-3-4-11-9(5-7)10(6-13-11)8(2)12/h3-6,13H,1-2H3. The van der Waals surface area contributed by atoms with Crippen LogP contribution in [0.25, 0.3) is 10.9 Å². The van der Waals surface area contributed by atoms with Gasteiger partial charge >= 0.3 is 0 Å². The van der Waals surface area contributed by atoms with E-state index in [1.807, 2.05) is 6.20 Å². The average molecular weight is 237 g/mol. The van der Waals surface area contributed by atoms with E-state index in [1.165, 1.54) is 26.9 Å². The van der Waals surface area contributed by atoms with Gasteiger partial charge < -0.3 is 4.98 Å². The maximum absolute atomic E-state index is 3.50. The van der Waals surface area contributed by atoms with Crippen molar-refractivity contribution in [2.24, 2.45) is 0 Å². The highest BCUT2D eigenvalue weighted by Gasteiger charge is 2.08. The number of aromatic nitrogens is 1. The van der Waals surface area contributed by atoms with Crippen LogP contribution < -0.4 is 0 Å². The normalized spacial score (nSPS) is 11.4. The Kier molecular flexibility index (Phi) is 2.16. The van der Waals surface area contributed by atoms with Crippen LogP contribution >= 0.6 is 15.9 Å². The van der Waals surface area contributed by atoms with Gasteiger partial charge in [-0.15, -0.1) is 0 Å². The molecule has 1 radical (unpaired) electrons. The van der Waals surface area contributed by atoms with Crippen molar-refractivity contribution in [1.29, 1.82) is 0 Å². The summed E-state index contributed by atoms with van der Waals surface area (Å²) in [4.78, 5) is 4.42. The zero-order valence-corrected chi connectivity index (χ0v) is 9.27. The molecule has 0 aliphatic rings. The van der Waals surface area contributed by atoms with Gasteiger partial charge in [-0.1, -0.05) is 27.6 Å². The van der Waals surface area contributed by atoms with Gasteiger partial charge in [0.05, 0.1) is 4.83 Å². The van der Waals surface area contributed by atoms with Crippen molar-refractivity contribution < 1.29 is 0 Å². The fourth-order valence-electron chi connectivity index (χ4n) is 1.52. The van der Waals surface area contributed by atoms with Crippen LogP contribution in [0.4, 0.5) is 0 Å². The summed E-state index contributed by atoms with van der Waals surface area (Å²) in [7, 11) is 0. The van der Waals surface area contributed by atoms with Gasteiger partial charge in [-0.05, 0) is 31.5 Å². The van der Waals surface area contributed by atoms with E-state index in [-0.39, 0.29) is 0 Å². The van der Waals surface area contributed by atoms with Gasteiger partial charge in [-0.25, -0.2) is 0 Å². The molecule has 0 saturated heterocycles. The van der Waals surface area contributed by atoms with Crippen molar-refractivity contribution >= 4 is 26.8 Å². The number of aromatic amines is 1. The second-order valence-electron chi connectivity index (χ2n) is 3.28. The quantitative estimate of drug-likeness (QED) is 0.776. The smallest absolute Gasteiger partial charge is 0.0690 e. The molecular weight excluding hydrogens is 226 g/mol. The lowest BCUT2D eigenvalue weighted by molar-refractivity contribution is 1.38. The summed E-state index contributed by atoms with van der Waals surface area (Å²) in [6.07, 6.45) is 2.04. The molecule has 1 N–H and O–H groups in total. The van der Waals surface area contributed by atoms with Crippen molar-refractivity contribution in [2.45, 2.75) is 13.8 Å². The molecular formula is C11H11BrN. The van der Waals surface area contributed by atoms with Crippen molar-refractivity contribution in [1.82, 2.24) is 4.98 Å². The number of rotatable bonds is 1. The maximum Gasteiger partial charge on any atom is 0.0690 e. The molecule has 1 aromatic heterocycles. The van der Waals surface area contributed by atoms with Gasteiger partial charge in [0.1, 0.15) is 0 Å². The van der Waals surface area contributed by atoms with E-state index in [1.54, 1.807) is 0 Å². The molecule has 0 spiro atoms. The topological polar surface area (TPSA) is 15.8 Å². The third-order valence-electron chi connectivity index (χ3n) is 2.21. The highest BCUT2D eigenvalue weighted by atomic mass is 79.9. The number of nitrogens with one attached hydrogen (secondary N) is 1. The molecule has 1 aromatic carbocycles. The van der Waals surface area contributed by atoms with Gasteiger partial charge in [0.2, 0.25) is 0 Å². The fraction of sp³-hybridized carbons (Fsp3) is 0.182. The molecule has 0 aliphatic heterocycles. The van der Waals surface area contributed by atoms with E-state index < -0.39 is 0 Å². The van der Waals surface area contributed by atoms with Crippen molar-refractivity contribution in [3.63, 3.8) is 0 Å². The summed E-state index contributed by atoms with van der Waals surface area (Å²) in [6.45, 7) is 4.17. The molecule has 0 unspecified atom stereocenters. The largest absolute Gasteiger partial charge is 0.361 e. The van der Waals surface area contributed by atoms with Crippen molar-refractivity contribution in [2.75, 3.05) is 0 Å². The van der Waals surface area contributed by atoms with Crippen LogP contribution in [0.15, 0.2) is 24.4 Å². The first-order valence-corrected chi connectivity index (χ1v) is 5.05. The summed E-state index contributed by atoms with van der Waals surface area (Å²) in [6, 6.07) is 6.43. The molecule has 0 fully saturated rings. The molecule has 0 amide bonds. The summed E-state index contributed by atoms with van der Waals surface area (Å²) < 4.78 is 0. The molecule has 2 heteroatoms. The highest BCUT2D eigenvalue weighted by Crippen LogP contribution is 2.28. The van der Waals surface area contributed by atoms with Crippen molar-refractivity contribution in [3.8, 4) is 0 Å². The molecule has 1 heterocycles. The number of fused-ring (bicyclic) bond motifs is 1. The Balaban J connectivity index is 2.71. The molecule has 0 bridgehead atoms. The molecule has 13 heavy (non-hydrogen) atoms. The minimum atomic E-state index is 1.17. The second-order valence-corrected chi connectivity index (χ2v) is 4.47. The number of benzene rings is 1. The Labute approximate surface area is 86.3 Å². The first-order chi connectivity index (χ1) is 6.18. The molecule has 1 nitrogen and oxygen atoms in total. The molecule has 2 rings (SSSR count).